The summed E-state index contributed by atoms with van der Waals surface area (Å²) >= 11 is 0. The molecule has 0 aliphatic carbocycles. The van der Waals surface area contributed by atoms with E-state index in [-0.39, 0.29) is 22.7 Å². The molecule has 2 N–H and O–H groups in total. The Morgan fingerprint density at radius 3 is 2.55 bits per heavy atom. The molecule has 3 aromatic rings. The van der Waals surface area contributed by atoms with Crippen LogP contribution in [0.15, 0.2) is 60.9 Å². The van der Waals surface area contributed by atoms with Crippen molar-refractivity contribution < 1.29 is 9.72 Å². The van der Waals surface area contributed by atoms with Gasteiger partial charge >= 0.3 is 6.03 Å². The zero-order valence-electron chi connectivity index (χ0n) is 15.7. The SMILES string of the molecule is O=C(Nc1ccccc1)NC1CCN(c2ccc([N+](=O)[O-])c3cnccc23)CC1. The number of pyridine rings is 1. The zero-order valence-corrected chi connectivity index (χ0v) is 15.7. The number of amides is 2. The first-order chi connectivity index (χ1) is 14.1. The molecular formula is C21H21N5O3. The third kappa shape index (κ3) is 4.11. The van der Waals surface area contributed by atoms with Crippen LogP contribution in [-0.4, -0.2) is 35.1 Å². The molecule has 2 heterocycles. The Morgan fingerprint density at radius 2 is 1.83 bits per heavy atom. The van der Waals surface area contributed by atoms with E-state index in [4.69, 9.17) is 0 Å². The van der Waals surface area contributed by atoms with E-state index in [0.29, 0.717) is 5.39 Å². The molecule has 1 aromatic heterocycles. The van der Waals surface area contributed by atoms with Crippen molar-refractivity contribution >= 4 is 33.9 Å². The first-order valence-corrected chi connectivity index (χ1v) is 9.50. The number of hydrogen-bond donors (Lipinski definition) is 2. The van der Waals surface area contributed by atoms with Gasteiger partial charge in [0.1, 0.15) is 0 Å². The van der Waals surface area contributed by atoms with Crippen LogP contribution in [0, 0.1) is 10.1 Å². The van der Waals surface area contributed by atoms with Gasteiger partial charge in [0.05, 0.1) is 10.3 Å². The Labute approximate surface area is 167 Å². The topological polar surface area (TPSA) is 100 Å². The highest BCUT2D eigenvalue weighted by molar-refractivity contribution is 5.99. The van der Waals surface area contributed by atoms with E-state index in [9.17, 15) is 14.9 Å². The Balaban J connectivity index is 1.42. The maximum absolute atomic E-state index is 12.2. The minimum Gasteiger partial charge on any atom is -0.371 e. The van der Waals surface area contributed by atoms with Gasteiger partial charge in [0.25, 0.3) is 5.69 Å². The predicted molar refractivity (Wildman–Crippen MR) is 112 cm³/mol. The molecule has 148 valence electrons. The predicted octanol–water partition coefficient (Wildman–Crippen LogP) is 3.93. The van der Waals surface area contributed by atoms with Crippen molar-refractivity contribution in [3.63, 3.8) is 0 Å². The van der Waals surface area contributed by atoms with Crippen LogP contribution in [-0.2, 0) is 0 Å². The lowest BCUT2D eigenvalue weighted by Crippen LogP contribution is -2.46. The quantitative estimate of drug-likeness (QED) is 0.518. The van der Waals surface area contributed by atoms with E-state index in [1.165, 1.54) is 6.07 Å². The highest BCUT2D eigenvalue weighted by Crippen LogP contribution is 2.34. The van der Waals surface area contributed by atoms with Crippen LogP contribution < -0.4 is 15.5 Å². The maximum atomic E-state index is 12.2. The molecule has 2 aromatic carbocycles. The normalized spacial score (nSPS) is 14.6. The summed E-state index contributed by atoms with van der Waals surface area (Å²) in [5, 5.41) is 18.5. The maximum Gasteiger partial charge on any atom is 0.319 e. The van der Waals surface area contributed by atoms with Gasteiger partial charge in [-0.3, -0.25) is 15.1 Å². The second-order valence-corrected chi connectivity index (χ2v) is 7.01. The number of fused-ring (bicyclic) bond motifs is 1. The Bertz CT molecular complexity index is 1030. The van der Waals surface area contributed by atoms with Crippen molar-refractivity contribution in [1.29, 1.82) is 0 Å². The number of rotatable bonds is 4. The smallest absolute Gasteiger partial charge is 0.319 e. The number of anilines is 2. The zero-order chi connectivity index (χ0) is 20.2. The second-order valence-electron chi connectivity index (χ2n) is 7.01. The summed E-state index contributed by atoms with van der Waals surface area (Å²) in [6.45, 7) is 1.51. The lowest BCUT2D eigenvalue weighted by molar-refractivity contribution is -0.383. The highest BCUT2D eigenvalue weighted by Gasteiger charge is 2.23. The van der Waals surface area contributed by atoms with Gasteiger partial charge in [-0.05, 0) is 37.1 Å². The van der Waals surface area contributed by atoms with E-state index < -0.39 is 0 Å². The van der Waals surface area contributed by atoms with E-state index in [1.807, 2.05) is 36.4 Å². The summed E-state index contributed by atoms with van der Waals surface area (Å²) in [4.78, 5) is 29.4. The third-order valence-electron chi connectivity index (χ3n) is 5.17. The lowest BCUT2D eigenvalue weighted by Gasteiger charge is -2.34. The van der Waals surface area contributed by atoms with Crippen LogP contribution in [0.25, 0.3) is 10.8 Å². The molecule has 1 aliphatic heterocycles. The summed E-state index contributed by atoms with van der Waals surface area (Å²) in [6.07, 6.45) is 4.79. The number of carbonyl (C=O) groups excluding carboxylic acids is 1. The van der Waals surface area contributed by atoms with E-state index in [1.54, 1.807) is 18.5 Å². The second kappa shape index (κ2) is 8.14. The number of non-ortho nitro benzene ring substituents is 1. The van der Waals surface area contributed by atoms with E-state index >= 15 is 0 Å². The number of nitrogens with one attached hydrogen (secondary N) is 2. The number of hydrogen-bond acceptors (Lipinski definition) is 5. The number of carbonyl (C=O) groups is 1. The van der Waals surface area contributed by atoms with Crippen LogP contribution in [0.1, 0.15) is 12.8 Å². The molecule has 0 bridgehead atoms. The molecule has 0 unspecified atom stereocenters. The summed E-state index contributed by atoms with van der Waals surface area (Å²) in [6, 6.07) is 14.4. The molecule has 0 atom stereocenters. The lowest BCUT2D eigenvalue weighted by atomic mass is 10.0. The minimum atomic E-state index is -0.380. The molecule has 2 amide bonds. The van der Waals surface area contributed by atoms with Gasteiger partial charge in [0.2, 0.25) is 0 Å². The molecule has 4 rings (SSSR count). The average molecular weight is 391 g/mol. The van der Waals surface area contributed by atoms with Crippen molar-refractivity contribution in [3.8, 4) is 0 Å². The number of benzene rings is 2. The number of urea groups is 1. The number of aromatic nitrogens is 1. The fourth-order valence-corrected chi connectivity index (χ4v) is 3.73. The van der Waals surface area contributed by atoms with Crippen LogP contribution in [0.5, 0.6) is 0 Å². The van der Waals surface area contributed by atoms with Crippen LogP contribution in [0.3, 0.4) is 0 Å². The molecule has 1 aliphatic rings. The highest BCUT2D eigenvalue weighted by atomic mass is 16.6. The summed E-state index contributed by atoms with van der Waals surface area (Å²) in [5.74, 6) is 0. The molecule has 8 heteroatoms. The third-order valence-corrected chi connectivity index (χ3v) is 5.17. The summed E-state index contributed by atoms with van der Waals surface area (Å²) in [5.41, 5.74) is 1.78. The van der Waals surface area contributed by atoms with Gasteiger partial charge < -0.3 is 15.5 Å². The summed E-state index contributed by atoms with van der Waals surface area (Å²) < 4.78 is 0. The van der Waals surface area contributed by atoms with Crippen LogP contribution >= 0.6 is 0 Å². The van der Waals surface area contributed by atoms with Gasteiger partial charge in [0.15, 0.2) is 0 Å². The number of nitrogens with zero attached hydrogens (tertiary/aromatic N) is 3. The van der Waals surface area contributed by atoms with Crippen molar-refractivity contribution in [3.05, 3.63) is 71.0 Å². The van der Waals surface area contributed by atoms with Crippen molar-refractivity contribution in [1.82, 2.24) is 10.3 Å². The number of nitro groups is 1. The Morgan fingerprint density at radius 1 is 1.07 bits per heavy atom. The molecule has 0 saturated carbocycles. The first kappa shape index (κ1) is 18.7. The van der Waals surface area contributed by atoms with Gasteiger partial charge in [-0.25, -0.2) is 4.79 Å². The first-order valence-electron chi connectivity index (χ1n) is 9.50. The fraction of sp³-hybridized carbons (Fsp3) is 0.238. The van der Waals surface area contributed by atoms with Crippen LogP contribution in [0.4, 0.5) is 21.9 Å². The molecule has 1 saturated heterocycles. The van der Waals surface area contributed by atoms with E-state index in [2.05, 4.69) is 20.5 Å². The van der Waals surface area contributed by atoms with Crippen molar-refractivity contribution in [2.75, 3.05) is 23.3 Å². The van der Waals surface area contributed by atoms with Gasteiger partial charge in [-0.15, -0.1) is 0 Å². The molecular weight excluding hydrogens is 370 g/mol. The van der Waals surface area contributed by atoms with E-state index in [0.717, 1.165) is 42.7 Å². The standard InChI is InChI=1S/C21H21N5O3/c27-21(23-15-4-2-1-3-5-15)24-16-9-12-25(13-10-16)19-6-7-20(26(28)29)18-14-22-11-8-17(18)19/h1-8,11,14,16H,9-10,12-13H2,(H2,23,24,27). The average Bonchev–Trinajstić information content (AvgIpc) is 2.74. The van der Waals surface area contributed by atoms with Crippen molar-refractivity contribution in [2.45, 2.75) is 18.9 Å². The molecule has 1 fully saturated rings. The van der Waals surface area contributed by atoms with Crippen LogP contribution in [0.2, 0.25) is 0 Å². The number of piperidine rings is 1. The van der Waals surface area contributed by atoms with Gasteiger partial charge in [-0.1, -0.05) is 18.2 Å². The number of para-hydroxylation sites is 1. The largest absolute Gasteiger partial charge is 0.371 e. The van der Waals surface area contributed by atoms with Gasteiger partial charge in [-0.2, -0.15) is 0 Å². The number of nitro benzene ring substituents is 1. The van der Waals surface area contributed by atoms with Gasteiger partial charge in [0, 0.05) is 54.4 Å². The molecule has 0 spiro atoms. The Hall–Kier alpha value is -3.68. The fourth-order valence-electron chi connectivity index (χ4n) is 3.73. The molecule has 8 nitrogen and oxygen atoms in total. The summed E-state index contributed by atoms with van der Waals surface area (Å²) in [7, 11) is 0. The minimum absolute atomic E-state index is 0.0611. The molecule has 0 radical (unpaired) electrons. The Kier molecular flexibility index (Phi) is 5.24. The molecule has 29 heavy (non-hydrogen) atoms. The van der Waals surface area contributed by atoms with Crippen molar-refractivity contribution in [2.24, 2.45) is 0 Å². The monoisotopic (exact) mass is 391 g/mol.